The fourth-order valence-corrected chi connectivity index (χ4v) is 7.65. The average Bonchev–Trinajstić information content (AvgIpc) is 3.83. The molecule has 0 unspecified atom stereocenters. The van der Waals surface area contributed by atoms with E-state index in [1.54, 1.807) is 0 Å². The molecule has 0 radical (unpaired) electrons. The molecule has 4 aromatic heterocycles. The number of benzene rings is 7. The Morgan fingerprint density at radius 1 is 0.388 bits per heavy atom. The number of hydrogen-bond donors (Lipinski definition) is 0. The monoisotopic (exact) mass is 627 g/mol. The lowest BCUT2D eigenvalue weighted by atomic mass is 9.94. The van der Waals surface area contributed by atoms with Gasteiger partial charge in [0.05, 0.1) is 11.2 Å². The minimum absolute atomic E-state index is 0.563. The first-order chi connectivity index (χ1) is 24.3. The van der Waals surface area contributed by atoms with Crippen LogP contribution in [0.4, 0.5) is 0 Å². The highest BCUT2D eigenvalue weighted by Crippen LogP contribution is 2.44. The van der Waals surface area contributed by atoms with E-state index in [1.165, 1.54) is 10.9 Å². The van der Waals surface area contributed by atoms with Gasteiger partial charge in [0, 0.05) is 27.1 Å². The van der Waals surface area contributed by atoms with Crippen LogP contribution in [0.3, 0.4) is 0 Å². The van der Waals surface area contributed by atoms with Crippen LogP contribution in [0.25, 0.3) is 105 Å². The van der Waals surface area contributed by atoms with Crippen molar-refractivity contribution in [3.05, 3.63) is 152 Å². The van der Waals surface area contributed by atoms with Gasteiger partial charge in [0.2, 0.25) is 5.95 Å². The van der Waals surface area contributed by atoms with Gasteiger partial charge >= 0.3 is 0 Å². The molecule has 0 fully saturated rings. The van der Waals surface area contributed by atoms with E-state index in [1.807, 2.05) is 42.5 Å². The lowest BCUT2D eigenvalue weighted by Crippen LogP contribution is -2.04. The van der Waals surface area contributed by atoms with Crippen molar-refractivity contribution < 1.29 is 8.83 Å². The summed E-state index contributed by atoms with van der Waals surface area (Å²) >= 11 is 0. The van der Waals surface area contributed by atoms with Crippen LogP contribution >= 0.6 is 0 Å². The lowest BCUT2D eigenvalue weighted by Gasteiger charge is -2.16. The maximum Gasteiger partial charge on any atom is 0.236 e. The van der Waals surface area contributed by atoms with Gasteiger partial charge in [-0.1, -0.05) is 127 Å². The van der Waals surface area contributed by atoms with Crippen LogP contribution in [0, 0.1) is 0 Å². The largest absolute Gasteiger partial charge is 0.450 e. The Kier molecular flexibility index (Phi) is 5.32. The van der Waals surface area contributed by atoms with E-state index in [-0.39, 0.29) is 0 Å². The van der Waals surface area contributed by atoms with E-state index in [2.05, 4.69) is 114 Å². The predicted molar refractivity (Wildman–Crippen MR) is 199 cm³/mol. The highest BCUT2D eigenvalue weighted by atomic mass is 16.4. The second-order valence-electron chi connectivity index (χ2n) is 12.5. The molecule has 0 amide bonds. The Morgan fingerprint density at radius 3 is 1.49 bits per heavy atom. The van der Waals surface area contributed by atoms with E-state index in [0.29, 0.717) is 17.1 Å². The number of rotatable bonds is 3. The molecule has 11 rings (SSSR count). The SMILES string of the molecule is c1ccc(-c2ccc(-c3nc(-n4c5c6ccccc6oc5c5oc6ccccc6c54)nc4c5ccccc5c5ccccc5c34)cc2)cc1. The topological polar surface area (TPSA) is 57.0 Å². The Bertz CT molecular complexity index is 3010. The van der Waals surface area contributed by atoms with Crippen LogP contribution in [-0.2, 0) is 0 Å². The summed E-state index contributed by atoms with van der Waals surface area (Å²) in [4.78, 5) is 11.0. The highest BCUT2D eigenvalue weighted by molar-refractivity contribution is 6.27. The third-order valence-electron chi connectivity index (χ3n) is 9.82. The second-order valence-corrected chi connectivity index (χ2v) is 12.5. The molecule has 0 spiro atoms. The molecule has 49 heavy (non-hydrogen) atoms. The third-order valence-corrected chi connectivity index (χ3v) is 9.82. The molecule has 228 valence electrons. The maximum absolute atomic E-state index is 6.51. The van der Waals surface area contributed by atoms with Crippen LogP contribution in [0.2, 0.25) is 0 Å². The van der Waals surface area contributed by atoms with Crippen molar-refractivity contribution in [3.63, 3.8) is 0 Å². The normalized spacial score (nSPS) is 12.1. The first kappa shape index (κ1) is 26.4. The molecule has 0 saturated heterocycles. The standard InChI is InChI=1S/C44H25N3O2/c1-2-12-26(13-3-1)27-22-24-28(25-23-27)38-37-31-16-6-4-14-29(31)30-15-5-7-17-32(30)39(37)46-44(45-38)47-40-33-18-8-10-20-35(33)48-42(40)43-41(47)34-19-9-11-21-36(34)49-43/h1-25H. The molecule has 0 aliphatic heterocycles. The molecule has 0 aliphatic carbocycles. The maximum atomic E-state index is 6.51. The molecule has 4 heterocycles. The number of para-hydroxylation sites is 2. The summed E-state index contributed by atoms with van der Waals surface area (Å²) in [6, 6.07) is 52.5. The van der Waals surface area contributed by atoms with Gasteiger partial charge in [0.25, 0.3) is 0 Å². The summed E-state index contributed by atoms with van der Waals surface area (Å²) < 4.78 is 15.2. The van der Waals surface area contributed by atoms with Gasteiger partial charge in [-0.15, -0.1) is 0 Å². The molecule has 7 aromatic carbocycles. The van der Waals surface area contributed by atoms with Crippen LogP contribution in [-0.4, -0.2) is 14.5 Å². The fourth-order valence-electron chi connectivity index (χ4n) is 7.65. The van der Waals surface area contributed by atoms with Crippen LogP contribution < -0.4 is 0 Å². The summed E-state index contributed by atoms with van der Waals surface area (Å²) in [6.45, 7) is 0. The average molecular weight is 628 g/mol. The van der Waals surface area contributed by atoms with Gasteiger partial charge in [-0.05, 0) is 51.6 Å². The van der Waals surface area contributed by atoms with Crippen molar-refractivity contribution in [3.8, 4) is 28.3 Å². The smallest absolute Gasteiger partial charge is 0.236 e. The minimum atomic E-state index is 0.563. The highest BCUT2D eigenvalue weighted by Gasteiger charge is 2.27. The fraction of sp³-hybridized carbons (Fsp3) is 0. The Labute approximate surface area is 279 Å². The quantitative estimate of drug-likeness (QED) is 0.183. The molecule has 0 saturated carbocycles. The van der Waals surface area contributed by atoms with Gasteiger partial charge < -0.3 is 8.83 Å². The number of furan rings is 2. The van der Waals surface area contributed by atoms with Crippen molar-refractivity contribution in [2.24, 2.45) is 0 Å². The molecule has 0 bridgehead atoms. The molecule has 5 nitrogen and oxygen atoms in total. The van der Waals surface area contributed by atoms with Gasteiger partial charge in [0.1, 0.15) is 22.2 Å². The predicted octanol–water partition coefficient (Wildman–Crippen LogP) is 11.9. The van der Waals surface area contributed by atoms with Crippen molar-refractivity contribution in [2.45, 2.75) is 0 Å². The van der Waals surface area contributed by atoms with Crippen LogP contribution in [0.5, 0.6) is 0 Å². The molecular weight excluding hydrogens is 603 g/mol. The Hall–Kier alpha value is -6.72. The molecular formula is C44H25N3O2. The van der Waals surface area contributed by atoms with E-state index in [0.717, 1.165) is 76.9 Å². The van der Waals surface area contributed by atoms with Crippen molar-refractivity contribution in [1.29, 1.82) is 0 Å². The van der Waals surface area contributed by atoms with E-state index < -0.39 is 0 Å². The van der Waals surface area contributed by atoms with Gasteiger partial charge in [-0.2, -0.15) is 0 Å². The zero-order chi connectivity index (χ0) is 32.1. The van der Waals surface area contributed by atoms with Crippen molar-refractivity contribution in [2.75, 3.05) is 0 Å². The van der Waals surface area contributed by atoms with Crippen LogP contribution in [0.15, 0.2) is 160 Å². The minimum Gasteiger partial charge on any atom is -0.450 e. The molecule has 0 aliphatic rings. The number of aromatic nitrogens is 3. The zero-order valence-corrected chi connectivity index (χ0v) is 26.1. The summed E-state index contributed by atoms with van der Waals surface area (Å²) in [7, 11) is 0. The van der Waals surface area contributed by atoms with Crippen molar-refractivity contribution >= 4 is 76.6 Å². The summed E-state index contributed by atoms with van der Waals surface area (Å²) in [5.74, 6) is 0.563. The lowest BCUT2D eigenvalue weighted by molar-refractivity contribution is 0.634. The number of hydrogen-bond acceptors (Lipinski definition) is 4. The molecule has 11 aromatic rings. The summed E-state index contributed by atoms with van der Waals surface area (Å²) in [5.41, 5.74) is 9.86. The molecule has 0 atom stereocenters. The van der Waals surface area contributed by atoms with Crippen LogP contribution in [0.1, 0.15) is 0 Å². The number of nitrogens with zero attached hydrogens (tertiary/aromatic N) is 3. The summed E-state index contributed by atoms with van der Waals surface area (Å²) in [5, 5.41) is 7.52. The van der Waals surface area contributed by atoms with E-state index in [9.17, 15) is 0 Å². The second kappa shape index (κ2) is 9.89. The summed E-state index contributed by atoms with van der Waals surface area (Å²) in [6.07, 6.45) is 0. The van der Waals surface area contributed by atoms with E-state index in [4.69, 9.17) is 18.8 Å². The zero-order valence-electron chi connectivity index (χ0n) is 26.1. The first-order valence-corrected chi connectivity index (χ1v) is 16.4. The Morgan fingerprint density at radius 2 is 0.857 bits per heavy atom. The van der Waals surface area contributed by atoms with Gasteiger partial charge in [-0.3, -0.25) is 4.57 Å². The molecule has 5 heteroatoms. The number of fused-ring (bicyclic) bond motifs is 13. The van der Waals surface area contributed by atoms with Crippen molar-refractivity contribution in [1.82, 2.24) is 14.5 Å². The first-order valence-electron chi connectivity index (χ1n) is 16.4. The van der Waals surface area contributed by atoms with E-state index >= 15 is 0 Å². The Balaban J connectivity index is 1.32. The van der Waals surface area contributed by atoms with Gasteiger partial charge in [-0.25, -0.2) is 9.97 Å². The third kappa shape index (κ3) is 3.70. The van der Waals surface area contributed by atoms with Gasteiger partial charge in [0.15, 0.2) is 11.2 Å². The molecule has 0 N–H and O–H groups in total.